The zero-order valence-corrected chi connectivity index (χ0v) is 10.8. The number of benzene rings is 1. The van der Waals surface area contributed by atoms with Gasteiger partial charge in [-0.3, -0.25) is 9.59 Å². The topological polar surface area (TPSA) is 82.1 Å². The number of ether oxygens (including phenoxy) is 3. The van der Waals surface area contributed by atoms with E-state index in [4.69, 9.17) is 14.6 Å². The van der Waals surface area contributed by atoms with Crippen LogP contribution in [0, 0.1) is 0 Å². The summed E-state index contributed by atoms with van der Waals surface area (Å²) in [6.07, 6.45) is -0.344. The van der Waals surface area contributed by atoms with E-state index in [2.05, 4.69) is 4.74 Å². The molecule has 0 aliphatic rings. The molecule has 0 aliphatic heterocycles. The molecular formula is C13H16O6. The predicted molar refractivity (Wildman–Crippen MR) is 66.5 cm³/mol. The number of carbonyl (C=O) groups is 2. The van der Waals surface area contributed by atoms with Crippen molar-refractivity contribution in [2.75, 3.05) is 27.4 Å². The summed E-state index contributed by atoms with van der Waals surface area (Å²) < 4.78 is 14.7. The van der Waals surface area contributed by atoms with Crippen molar-refractivity contribution in [3.05, 3.63) is 23.8 Å². The van der Waals surface area contributed by atoms with Crippen molar-refractivity contribution in [3.63, 3.8) is 0 Å². The number of esters is 1. The largest absolute Gasteiger partial charge is 0.496 e. The first-order chi connectivity index (χ1) is 9.12. The Morgan fingerprint density at radius 1 is 1.26 bits per heavy atom. The molecule has 0 aromatic heterocycles. The molecule has 0 spiro atoms. The van der Waals surface area contributed by atoms with Gasteiger partial charge < -0.3 is 19.3 Å². The Kier molecular flexibility index (Phi) is 5.81. The molecule has 104 valence electrons. The Morgan fingerprint density at radius 3 is 2.58 bits per heavy atom. The highest BCUT2D eigenvalue weighted by Crippen LogP contribution is 2.25. The molecule has 0 atom stereocenters. The van der Waals surface area contributed by atoms with Gasteiger partial charge in [-0.25, -0.2) is 0 Å². The minimum atomic E-state index is -0.604. The molecule has 0 bridgehead atoms. The molecule has 6 heteroatoms. The third-order valence-corrected chi connectivity index (χ3v) is 2.37. The highest BCUT2D eigenvalue weighted by molar-refractivity contribution is 6.07. The number of hydrogen-bond donors (Lipinski definition) is 1. The van der Waals surface area contributed by atoms with Crippen molar-refractivity contribution < 1.29 is 28.9 Å². The molecule has 0 aliphatic carbocycles. The monoisotopic (exact) mass is 268 g/mol. The molecule has 0 fully saturated rings. The second-order valence-electron chi connectivity index (χ2n) is 3.61. The summed E-state index contributed by atoms with van der Waals surface area (Å²) in [6, 6.07) is 4.61. The van der Waals surface area contributed by atoms with Crippen molar-refractivity contribution in [3.8, 4) is 11.5 Å². The van der Waals surface area contributed by atoms with Crippen LogP contribution in [0.5, 0.6) is 11.5 Å². The standard InChI is InChI=1S/C13H16O6/c1-17-12-7-9(19-6-5-14)3-4-10(12)11(15)8-13(16)18-2/h3-4,7,14H,5-6,8H2,1-2H3. The van der Waals surface area contributed by atoms with Crippen molar-refractivity contribution >= 4 is 11.8 Å². The van der Waals surface area contributed by atoms with Crippen LogP contribution in [0.4, 0.5) is 0 Å². The molecule has 1 aromatic rings. The van der Waals surface area contributed by atoms with Gasteiger partial charge in [-0.15, -0.1) is 0 Å². The van der Waals surface area contributed by atoms with Crippen LogP contribution in [0.15, 0.2) is 18.2 Å². The predicted octanol–water partition coefficient (Wildman–Crippen LogP) is 0.812. The minimum Gasteiger partial charge on any atom is -0.496 e. The lowest BCUT2D eigenvalue weighted by molar-refractivity contribution is -0.139. The quantitative estimate of drug-likeness (QED) is 0.448. The fraction of sp³-hybridized carbons (Fsp3) is 0.385. The van der Waals surface area contributed by atoms with Crippen molar-refractivity contribution in [1.29, 1.82) is 0 Å². The van der Waals surface area contributed by atoms with E-state index >= 15 is 0 Å². The van der Waals surface area contributed by atoms with Crippen LogP contribution in [-0.2, 0) is 9.53 Å². The van der Waals surface area contributed by atoms with Gasteiger partial charge in [0.25, 0.3) is 0 Å². The molecular weight excluding hydrogens is 252 g/mol. The molecule has 1 aromatic carbocycles. The first-order valence-electron chi connectivity index (χ1n) is 5.64. The Hall–Kier alpha value is -2.08. The molecule has 6 nitrogen and oxygen atoms in total. The van der Waals surface area contributed by atoms with Crippen LogP contribution < -0.4 is 9.47 Å². The molecule has 0 heterocycles. The molecule has 1 N–H and O–H groups in total. The SMILES string of the molecule is COC(=O)CC(=O)c1ccc(OCCO)cc1OC. The lowest BCUT2D eigenvalue weighted by Gasteiger charge is -2.10. The summed E-state index contributed by atoms with van der Waals surface area (Å²) in [5.74, 6) is -0.213. The average Bonchev–Trinajstić information content (AvgIpc) is 2.44. The number of Topliss-reactive ketones (excluding diaryl/α,β-unsaturated/α-hetero) is 1. The first kappa shape index (κ1) is 15.0. The number of aliphatic hydroxyl groups is 1. The van der Waals surface area contributed by atoms with E-state index in [1.807, 2.05) is 0 Å². The Bertz CT molecular complexity index is 454. The molecule has 0 saturated carbocycles. The van der Waals surface area contributed by atoms with Gasteiger partial charge in [-0.2, -0.15) is 0 Å². The van der Waals surface area contributed by atoms with Crippen LogP contribution in [0.2, 0.25) is 0 Å². The van der Waals surface area contributed by atoms with E-state index in [0.717, 1.165) is 0 Å². The second kappa shape index (κ2) is 7.38. The normalized spacial score (nSPS) is 9.84. The number of rotatable bonds is 7. The van der Waals surface area contributed by atoms with Crippen molar-refractivity contribution in [2.45, 2.75) is 6.42 Å². The molecule has 0 saturated heterocycles. The number of hydrogen-bond acceptors (Lipinski definition) is 6. The number of aliphatic hydroxyl groups excluding tert-OH is 1. The summed E-state index contributed by atoms with van der Waals surface area (Å²) in [5.41, 5.74) is 0.282. The zero-order valence-electron chi connectivity index (χ0n) is 10.8. The van der Waals surface area contributed by atoms with Gasteiger partial charge in [0.1, 0.15) is 24.5 Å². The molecule has 0 amide bonds. The third kappa shape index (κ3) is 4.26. The summed E-state index contributed by atoms with van der Waals surface area (Å²) in [5, 5.41) is 8.66. The first-order valence-corrected chi connectivity index (χ1v) is 5.64. The maximum absolute atomic E-state index is 11.9. The summed E-state index contributed by atoms with van der Waals surface area (Å²) in [7, 11) is 2.64. The number of methoxy groups -OCH3 is 2. The van der Waals surface area contributed by atoms with E-state index in [-0.39, 0.29) is 25.2 Å². The molecule has 1 rings (SSSR count). The second-order valence-corrected chi connectivity index (χ2v) is 3.61. The summed E-state index contributed by atoms with van der Waals surface area (Å²) in [4.78, 5) is 22.9. The van der Waals surface area contributed by atoms with Gasteiger partial charge in [0.05, 0.1) is 26.4 Å². The van der Waals surface area contributed by atoms with E-state index < -0.39 is 11.8 Å². The van der Waals surface area contributed by atoms with Crippen LogP contribution >= 0.6 is 0 Å². The van der Waals surface area contributed by atoms with E-state index in [1.165, 1.54) is 26.4 Å². The van der Waals surface area contributed by atoms with Crippen molar-refractivity contribution in [1.82, 2.24) is 0 Å². The number of ketones is 1. The maximum Gasteiger partial charge on any atom is 0.313 e. The maximum atomic E-state index is 11.9. The van der Waals surface area contributed by atoms with Gasteiger partial charge >= 0.3 is 5.97 Å². The van der Waals surface area contributed by atoms with Gasteiger partial charge in [-0.05, 0) is 12.1 Å². The molecule has 19 heavy (non-hydrogen) atoms. The fourth-order valence-electron chi connectivity index (χ4n) is 1.45. The van der Waals surface area contributed by atoms with E-state index in [0.29, 0.717) is 11.5 Å². The number of carbonyl (C=O) groups excluding carboxylic acids is 2. The summed E-state index contributed by atoms with van der Waals surface area (Å²) in [6.45, 7) is 0.0456. The lowest BCUT2D eigenvalue weighted by Crippen LogP contribution is -2.11. The van der Waals surface area contributed by atoms with Crippen LogP contribution in [-0.4, -0.2) is 44.3 Å². The van der Waals surface area contributed by atoms with Gasteiger partial charge in [0, 0.05) is 6.07 Å². The Labute approximate surface area is 110 Å². The van der Waals surface area contributed by atoms with Crippen LogP contribution in [0.3, 0.4) is 0 Å². The fourth-order valence-corrected chi connectivity index (χ4v) is 1.45. The highest BCUT2D eigenvalue weighted by atomic mass is 16.5. The Balaban J connectivity index is 2.89. The van der Waals surface area contributed by atoms with E-state index in [9.17, 15) is 9.59 Å². The zero-order chi connectivity index (χ0) is 14.3. The van der Waals surface area contributed by atoms with Gasteiger partial charge in [0.2, 0.25) is 0 Å². The summed E-state index contributed by atoms with van der Waals surface area (Å²) >= 11 is 0. The van der Waals surface area contributed by atoms with Crippen molar-refractivity contribution in [2.24, 2.45) is 0 Å². The highest BCUT2D eigenvalue weighted by Gasteiger charge is 2.17. The Morgan fingerprint density at radius 2 is 2.00 bits per heavy atom. The van der Waals surface area contributed by atoms with Crippen LogP contribution in [0.1, 0.15) is 16.8 Å². The average molecular weight is 268 g/mol. The smallest absolute Gasteiger partial charge is 0.313 e. The van der Waals surface area contributed by atoms with Crippen LogP contribution in [0.25, 0.3) is 0 Å². The van der Waals surface area contributed by atoms with Gasteiger partial charge in [-0.1, -0.05) is 0 Å². The molecule has 0 unspecified atom stereocenters. The third-order valence-electron chi connectivity index (χ3n) is 2.37. The minimum absolute atomic E-state index is 0.106. The van der Waals surface area contributed by atoms with E-state index in [1.54, 1.807) is 6.07 Å². The lowest BCUT2D eigenvalue weighted by atomic mass is 10.1. The molecule has 0 radical (unpaired) electrons. The van der Waals surface area contributed by atoms with Gasteiger partial charge in [0.15, 0.2) is 5.78 Å².